The van der Waals surface area contributed by atoms with Gasteiger partial charge < -0.3 is 15.5 Å². The SMILES string of the molecule is O=C(NCC(F)F)c1cc(Cl)cc(NS(=O)(=O)c2cc(Br)ccc2O)c1O. The van der Waals surface area contributed by atoms with Crippen molar-refractivity contribution in [1.29, 1.82) is 0 Å². The zero-order chi connectivity index (χ0) is 20.4. The minimum Gasteiger partial charge on any atom is -0.507 e. The summed E-state index contributed by atoms with van der Waals surface area (Å²) in [5.41, 5.74) is -0.969. The van der Waals surface area contributed by atoms with Gasteiger partial charge in [0.05, 0.1) is 17.8 Å². The second-order valence-corrected chi connectivity index (χ2v) is 8.17. The Morgan fingerprint density at radius 3 is 2.52 bits per heavy atom. The molecule has 0 aromatic heterocycles. The van der Waals surface area contributed by atoms with Crippen LogP contribution in [0.1, 0.15) is 10.4 Å². The first-order valence-electron chi connectivity index (χ1n) is 7.11. The summed E-state index contributed by atoms with van der Waals surface area (Å²) in [6, 6.07) is 5.69. The Morgan fingerprint density at radius 2 is 1.89 bits per heavy atom. The third-order valence-corrected chi connectivity index (χ3v) is 5.30. The highest BCUT2D eigenvalue weighted by molar-refractivity contribution is 9.10. The standard InChI is InChI=1S/C15H12BrClF2N2O5S/c16-7-1-2-11(22)12(3-7)27(25,26)21-10-5-8(17)4-9(14(10)23)15(24)20-6-13(18)19/h1-5,13,21-23H,6H2,(H,20,24). The smallest absolute Gasteiger partial charge is 0.265 e. The first kappa shape index (κ1) is 21.2. The highest BCUT2D eigenvalue weighted by Gasteiger charge is 2.24. The normalized spacial score (nSPS) is 11.4. The van der Waals surface area contributed by atoms with Gasteiger partial charge in [-0.25, -0.2) is 17.2 Å². The van der Waals surface area contributed by atoms with Crippen molar-refractivity contribution in [3.05, 3.63) is 45.4 Å². The van der Waals surface area contributed by atoms with Crippen LogP contribution in [0.15, 0.2) is 39.7 Å². The summed E-state index contributed by atoms with van der Waals surface area (Å²) in [6.45, 7) is -0.961. The third-order valence-electron chi connectivity index (χ3n) is 3.19. The summed E-state index contributed by atoms with van der Waals surface area (Å²) >= 11 is 8.90. The fraction of sp³-hybridized carbons (Fsp3) is 0.133. The Morgan fingerprint density at radius 1 is 1.22 bits per heavy atom. The van der Waals surface area contributed by atoms with E-state index in [0.29, 0.717) is 4.47 Å². The van der Waals surface area contributed by atoms with Gasteiger partial charge in [0.2, 0.25) is 0 Å². The molecular formula is C15H12BrClF2N2O5S. The molecule has 7 nitrogen and oxygen atoms in total. The van der Waals surface area contributed by atoms with E-state index in [0.717, 1.165) is 24.3 Å². The molecule has 0 saturated heterocycles. The fourth-order valence-corrected chi connectivity index (χ4v) is 3.93. The molecule has 0 spiro atoms. The van der Waals surface area contributed by atoms with Crippen molar-refractivity contribution >= 4 is 49.1 Å². The summed E-state index contributed by atoms with van der Waals surface area (Å²) in [4.78, 5) is 11.4. The molecule has 0 unspecified atom stereocenters. The maximum absolute atomic E-state index is 12.5. The summed E-state index contributed by atoms with van der Waals surface area (Å²) in [7, 11) is -4.37. The molecule has 2 rings (SSSR count). The maximum atomic E-state index is 12.5. The van der Waals surface area contributed by atoms with Crippen molar-refractivity contribution in [3.8, 4) is 11.5 Å². The van der Waals surface area contributed by atoms with Gasteiger partial charge in [-0.1, -0.05) is 27.5 Å². The molecule has 0 atom stereocenters. The lowest BCUT2D eigenvalue weighted by molar-refractivity contribution is 0.0889. The zero-order valence-electron chi connectivity index (χ0n) is 13.2. The Labute approximate surface area is 166 Å². The molecule has 0 radical (unpaired) electrons. The molecule has 0 aliphatic heterocycles. The number of benzene rings is 2. The van der Waals surface area contributed by atoms with E-state index in [9.17, 15) is 32.2 Å². The number of sulfonamides is 1. The van der Waals surface area contributed by atoms with Crippen LogP contribution in [0.2, 0.25) is 5.02 Å². The van der Waals surface area contributed by atoms with Crippen molar-refractivity contribution in [2.75, 3.05) is 11.3 Å². The number of amides is 1. The van der Waals surface area contributed by atoms with Gasteiger partial charge >= 0.3 is 0 Å². The number of nitrogens with one attached hydrogen (secondary N) is 2. The number of carbonyl (C=O) groups is 1. The van der Waals surface area contributed by atoms with Crippen molar-refractivity contribution in [3.63, 3.8) is 0 Å². The van der Waals surface area contributed by atoms with Gasteiger partial charge in [0.25, 0.3) is 22.4 Å². The number of rotatable bonds is 6. The summed E-state index contributed by atoms with van der Waals surface area (Å²) in [5, 5.41) is 21.7. The number of anilines is 1. The van der Waals surface area contributed by atoms with Crippen LogP contribution >= 0.6 is 27.5 Å². The lowest BCUT2D eigenvalue weighted by atomic mass is 10.1. The molecular weight excluding hydrogens is 474 g/mol. The van der Waals surface area contributed by atoms with Crippen LogP contribution < -0.4 is 10.0 Å². The Kier molecular flexibility index (Phi) is 6.50. The largest absolute Gasteiger partial charge is 0.507 e. The van der Waals surface area contributed by atoms with E-state index >= 15 is 0 Å². The van der Waals surface area contributed by atoms with Crippen LogP contribution in [0, 0.1) is 0 Å². The average molecular weight is 486 g/mol. The molecule has 0 fully saturated rings. The predicted molar refractivity (Wildman–Crippen MR) is 98.1 cm³/mol. The number of carbonyl (C=O) groups excluding carboxylic acids is 1. The Balaban J connectivity index is 2.41. The van der Waals surface area contributed by atoms with Crippen LogP contribution in [-0.2, 0) is 10.0 Å². The molecule has 0 saturated carbocycles. The number of phenols is 2. The van der Waals surface area contributed by atoms with E-state index in [2.05, 4.69) is 15.9 Å². The van der Waals surface area contributed by atoms with E-state index in [1.165, 1.54) is 6.07 Å². The molecule has 0 aliphatic carbocycles. The first-order chi connectivity index (χ1) is 12.5. The van der Waals surface area contributed by atoms with E-state index in [-0.39, 0.29) is 5.02 Å². The molecule has 27 heavy (non-hydrogen) atoms. The second kappa shape index (κ2) is 8.28. The van der Waals surface area contributed by atoms with Gasteiger partial charge in [0.15, 0.2) is 5.75 Å². The van der Waals surface area contributed by atoms with Crippen LogP contribution in [0.4, 0.5) is 14.5 Å². The first-order valence-corrected chi connectivity index (χ1v) is 9.77. The van der Waals surface area contributed by atoms with Crippen LogP contribution in [0.5, 0.6) is 11.5 Å². The van der Waals surface area contributed by atoms with Gasteiger partial charge in [-0.3, -0.25) is 9.52 Å². The highest BCUT2D eigenvalue weighted by atomic mass is 79.9. The molecule has 2 aromatic rings. The Hall–Kier alpha value is -2.11. The van der Waals surface area contributed by atoms with Crippen molar-refractivity contribution < 1.29 is 32.2 Å². The lowest BCUT2D eigenvalue weighted by Crippen LogP contribution is -2.28. The second-order valence-electron chi connectivity index (χ2n) is 5.17. The average Bonchev–Trinajstić information content (AvgIpc) is 2.57. The minimum absolute atomic E-state index is 0.133. The van der Waals surface area contributed by atoms with Crippen molar-refractivity contribution in [1.82, 2.24) is 5.32 Å². The topological polar surface area (TPSA) is 116 Å². The van der Waals surface area contributed by atoms with Crippen LogP contribution in [-0.4, -0.2) is 37.5 Å². The number of halogens is 4. The van der Waals surface area contributed by atoms with E-state index in [1.54, 1.807) is 0 Å². The molecule has 1 amide bonds. The maximum Gasteiger partial charge on any atom is 0.265 e. The van der Waals surface area contributed by atoms with Crippen molar-refractivity contribution in [2.45, 2.75) is 11.3 Å². The van der Waals surface area contributed by atoms with Gasteiger partial charge in [-0.2, -0.15) is 0 Å². The summed E-state index contributed by atoms with van der Waals surface area (Å²) in [6.07, 6.45) is -2.81. The number of alkyl halides is 2. The van der Waals surface area contributed by atoms with E-state index in [4.69, 9.17) is 11.6 Å². The third kappa shape index (κ3) is 5.21. The predicted octanol–water partition coefficient (Wildman–Crippen LogP) is 3.31. The van der Waals surface area contributed by atoms with Gasteiger partial charge in [-0.05, 0) is 30.3 Å². The van der Waals surface area contributed by atoms with E-state index in [1.807, 2.05) is 10.0 Å². The summed E-state index contributed by atoms with van der Waals surface area (Å²) in [5.74, 6) is -2.44. The van der Waals surface area contributed by atoms with Gasteiger partial charge in [0, 0.05) is 9.50 Å². The molecule has 4 N–H and O–H groups in total. The number of aromatic hydroxyl groups is 2. The van der Waals surface area contributed by atoms with Gasteiger partial charge in [0.1, 0.15) is 10.6 Å². The highest BCUT2D eigenvalue weighted by Crippen LogP contribution is 2.35. The van der Waals surface area contributed by atoms with Crippen molar-refractivity contribution in [2.24, 2.45) is 0 Å². The minimum atomic E-state index is -4.37. The molecule has 12 heteroatoms. The zero-order valence-corrected chi connectivity index (χ0v) is 16.4. The van der Waals surface area contributed by atoms with E-state index < -0.39 is 56.5 Å². The molecule has 2 aromatic carbocycles. The summed E-state index contributed by atoms with van der Waals surface area (Å²) < 4.78 is 51.8. The van der Waals surface area contributed by atoms with Crippen LogP contribution in [0.25, 0.3) is 0 Å². The van der Waals surface area contributed by atoms with Crippen LogP contribution in [0.3, 0.4) is 0 Å². The number of phenolic OH excluding ortho intramolecular Hbond substituents is 2. The molecule has 0 aliphatic rings. The van der Waals surface area contributed by atoms with Gasteiger partial charge in [-0.15, -0.1) is 0 Å². The quantitative estimate of drug-likeness (QED) is 0.469. The number of hydrogen-bond donors (Lipinski definition) is 4. The Bertz CT molecular complexity index is 988. The molecule has 0 bridgehead atoms. The number of hydrogen-bond acceptors (Lipinski definition) is 5. The molecule has 0 heterocycles. The fourth-order valence-electron chi connectivity index (χ4n) is 2.02. The molecule has 146 valence electrons. The lowest BCUT2D eigenvalue weighted by Gasteiger charge is -2.14. The monoisotopic (exact) mass is 484 g/mol.